The summed E-state index contributed by atoms with van der Waals surface area (Å²) in [6.07, 6.45) is 0. The molecule has 0 radical (unpaired) electrons. The van der Waals surface area contributed by atoms with Crippen molar-refractivity contribution in [1.82, 2.24) is 0 Å². The fraction of sp³-hybridized carbons (Fsp3) is 0.333. The van der Waals surface area contributed by atoms with Crippen molar-refractivity contribution in [3.05, 3.63) is 27.5 Å². The number of methoxy groups -OCH3 is 1. The van der Waals surface area contributed by atoms with Crippen molar-refractivity contribution in [2.45, 2.75) is 13.8 Å². The summed E-state index contributed by atoms with van der Waals surface area (Å²) in [7, 11) is 1.28. The second-order valence-corrected chi connectivity index (χ2v) is 4.24. The number of benzene rings is 1. The van der Waals surface area contributed by atoms with E-state index < -0.39 is 17.6 Å². The minimum atomic E-state index is -1.08. The van der Waals surface area contributed by atoms with E-state index in [4.69, 9.17) is 4.74 Å². The van der Waals surface area contributed by atoms with Gasteiger partial charge < -0.3 is 9.47 Å². The van der Waals surface area contributed by atoms with Crippen molar-refractivity contribution >= 4 is 27.7 Å². The molecule has 4 nitrogen and oxygen atoms in total. The van der Waals surface area contributed by atoms with Gasteiger partial charge in [0.1, 0.15) is 0 Å². The predicted octanol–water partition coefficient (Wildman–Crippen LogP) is 2.65. The zero-order chi connectivity index (χ0) is 13.9. The van der Waals surface area contributed by atoms with Crippen molar-refractivity contribution in [3.63, 3.8) is 0 Å². The number of hydrogen-bond donors (Lipinski definition) is 0. The summed E-state index contributed by atoms with van der Waals surface area (Å²) in [5.41, 5.74) is 0.229. The molecule has 1 rings (SSSR count). The van der Waals surface area contributed by atoms with Gasteiger partial charge in [-0.3, -0.25) is 4.79 Å². The summed E-state index contributed by atoms with van der Waals surface area (Å²) in [5, 5.41) is 0. The molecule has 0 bridgehead atoms. The van der Waals surface area contributed by atoms with Gasteiger partial charge in [0, 0.05) is 0 Å². The third-order valence-electron chi connectivity index (χ3n) is 2.25. The molecule has 1 aromatic carbocycles. The zero-order valence-electron chi connectivity index (χ0n) is 10.2. The minimum absolute atomic E-state index is 0.0544. The summed E-state index contributed by atoms with van der Waals surface area (Å²) in [6, 6.07) is 1.28. The number of halogens is 2. The number of rotatable bonds is 4. The number of aryl methyl sites for hydroxylation is 1. The van der Waals surface area contributed by atoms with E-state index in [1.165, 1.54) is 13.2 Å². The lowest BCUT2D eigenvalue weighted by molar-refractivity contribution is -0.137. The van der Waals surface area contributed by atoms with Gasteiger partial charge in [-0.25, -0.2) is 9.18 Å². The topological polar surface area (TPSA) is 52.6 Å². The van der Waals surface area contributed by atoms with Crippen molar-refractivity contribution in [3.8, 4) is 5.75 Å². The molecule has 0 saturated carbocycles. The van der Waals surface area contributed by atoms with Gasteiger partial charge in [-0.1, -0.05) is 0 Å². The molecule has 0 N–H and O–H groups in total. The summed E-state index contributed by atoms with van der Waals surface area (Å²) in [4.78, 5) is 23.0. The van der Waals surface area contributed by atoms with Crippen LogP contribution in [0.3, 0.4) is 0 Å². The second kappa shape index (κ2) is 5.95. The molecule has 0 spiro atoms. The van der Waals surface area contributed by atoms with Gasteiger partial charge in [0.05, 0.1) is 23.8 Å². The molecule has 0 unspecified atom stereocenters. The van der Waals surface area contributed by atoms with E-state index in [1.54, 1.807) is 13.8 Å². The zero-order valence-corrected chi connectivity index (χ0v) is 11.8. The monoisotopic (exact) mass is 318 g/mol. The second-order valence-electron chi connectivity index (χ2n) is 3.45. The molecular weight excluding hydrogens is 307 g/mol. The van der Waals surface area contributed by atoms with Crippen LogP contribution >= 0.6 is 15.9 Å². The quantitative estimate of drug-likeness (QED) is 0.486. The van der Waals surface area contributed by atoms with E-state index in [0.717, 1.165) is 0 Å². The highest BCUT2D eigenvalue weighted by atomic mass is 79.9. The van der Waals surface area contributed by atoms with Crippen molar-refractivity contribution in [2.24, 2.45) is 0 Å². The fourth-order valence-electron chi connectivity index (χ4n) is 1.39. The first-order chi connectivity index (χ1) is 8.43. The minimum Gasteiger partial charge on any atom is -0.492 e. The van der Waals surface area contributed by atoms with Gasteiger partial charge in [-0.15, -0.1) is 0 Å². The third-order valence-corrected chi connectivity index (χ3v) is 3.24. The van der Waals surface area contributed by atoms with Gasteiger partial charge in [-0.2, -0.15) is 0 Å². The summed E-state index contributed by atoms with van der Waals surface area (Å²) in [5.74, 6) is -3.10. The highest BCUT2D eigenvalue weighted by Crippen LogP contribution is 2.33. The van der Waals surface area contributed by atoms with E-state index in [9.17, 15) is 14.0 Å². The molecule has 0 atom stereocenters. The summed E-state index contributed by atoms with van der Waals surface area (Å²) >= 11 is 3.15. The molecule has 98 valence electrons. The lowest BCUT2D eigenvalue weighted by atomic mass is 10.1. The van der Waals surface area contributed by atoms with Crippen LogP contribution in [0.15, 0.2) is 10.5 Å². The van der Waals surface area contributed by atoms with Crippen molar-refractivity contribution < 1.29 is 23.5 Å². The molecule has 0 saturated heterocycles. The van der Waals surface area contributed by atoms with Gasteiger partial charge in [0.2, 0.25) is 0 Å². The van der Waals surface area contributed by atoms with Crippen LogP contribution in [0.1, 0.15) is 22.8 Å². The molecule has 0 amide bonds. The number of ketones is 1. The van der Waals surface area contributed by atoms with Crippen LogP contribution in [-0.4, -0.2) is 25.5 Å². The highest BCUT2D eigenvalue weighted by Gasteiger charge is 2.25. The maximum atomic E-state index is 14.0. The molecule has 0 heterocycles. The van der Waals surface area contributed by atoms with Crippen LogP contribution in [0.4, 0.5) is 4.39 Å². The summed E-state index contributed by atoms with van der Waals surface area (Å²) in [6.45, 7) is 3.28. The molecule has 1 aromatic rings. The predicted molar refractivity (Wildman–Crippen MR) is 66.4 cm³/mol. The average Bonchev–Trinajstić information content (AvgIpc) is 2.34. The van der Waals surface area contributed by atoms with Gasteiger partial charge >= 0.3 is 5.97 Å². The lowest BCUT2D eigenvalue weighted by Gasteiger charge is -2.11. The fourth-order valence-corrected chi connectivity index (χ4v) is 1.84. The number of esters is 1. The Labute approximate surface area is 112 Å². The Morgan fingerprint density at radius 1 is 1.44 bits per heavy atom. The van der Waals surface area contributed by atoms with E-state index in [1.807, 2.05) is 0 Å². The van der Waals surface area contributed by atoms with Gasteiger partial charge in [0.15, 0.2) is 11.6 Å². The van der Waals surface area contributed by atoms with Crippen LogP contribution in [-0.2, 0) is 9.53 Å². The smallest absolute Gasteiger partial charge is 0.379 e. The largest absolute Gasteiger partial charge is 0.492 e. The Hall–Kier alpha value is -1.43. The Bertz CT molecular complexity index is 499. The van der Waals surface area contributed by atoms with Gasteiger partial charge in [-0.05, 0) is 41.4 Å². The standard InChI is InChI=1S/C12H12BrFO4/c1-4-18-12(16)10(15)7-5-6(2)8(13)11(17-3)9(7)14/h5H,4H2,1-3H3. The lowest BCUT2D eigenvalue weighted by Crippen LogP contribution is -2.19. The Morgan fingerprint density at radius 3 is 2.56 bits per heavy atom. The number of Topliss-reactive ketones (excluding diaryl/α,β-unsaturated/α-hetero) is 1. The Morgan fingerprint density at radius 2 is 2.06 bits per heavy atom. The molecule has 0 aliphatic carbocycles. The van der Waals surface area contributed by atoms with Crippen LogP contribution in [0, 0.1) is 12.7 Å². The summed E-state index contributed by atoms with van der Waals surface area (Å²) < 4.78 is 23.8. The van der Waals surface area contributed by atoms with Crippen molar-refractivity contribution in [1.29, 1.82) is 0 Å². The van der Waals surface area contributed by atoms with Crippen LogP contribution < -0.4 is 4.74 Å². The van der Waals surface area contributed by atoms with Crippen LogP contribution in [0.2, 0.25) is 0 Å². The SMILES string of the molecule is CCOC(=O)C(=O)c1cc(C)c(Br)c(OC)c1F. The van der Waals surface area contributed by atoms with Crippen LogP contribution in [0.25, 0.3) is 0 Å². The maximum Gasteiger partial charge on any atom is 0.379 e. The molecule has 18 heavy (non-hydrogen) atoms. The van der Waals surface area contributed by atoms with E-state index in [-0.39, 0.29) is 17.9 Å². The van der Waals surface area contributed by atoms with E-state index >= 15 is 0 Å². The Kier molecular flexibility index (Phi) is 4.84. The first-order valence-corrected chi connectivity index (χ1v) is 5.97. The number of carbonyl (C=O) groups excluding carboxylic acids is 2. The van der Waals surface area contributed by atoms with E-state index in [2.05, 4.69) is 20.7 Å². The van der Waals surface area contributed by atoms with E-state index in [0.29, 0.717) is 10.0 Å². The van der Waals surface area contributed by atoms with Gasteiger partial charge in [0.25, 0.3) is 5.78 Å². The average molecular weight is 319 g/mol. The first kappa shape index (κ1) is 14.6. The highest BCUT2D eigenvalue weighted by molar-refractivity contribution is 9.10. The first-order valence-electron chi connectivity index (χ1n) is 5.18. The normalized spacial score (nSPS) is 10.1. The molecule has 0 aliphatic heterocycles. The number of hydrogen-bond acceptors (Lipinski definition) is 4. The molecule has 0 aliphatic rings. The van der Waals surface area contributed by atoms with Crippen molar-refractivity contribution in [2.75, 3.05) is 13.7 Å². The molecule has 0 fully saturated rings. The molecular formula is C12H12BrFO4. The maximum absolute atomic E-state index is 14.0. The number of ether oxygens (including phenoxy) is 2. The third kappa shape index (κ3) is 2.69. The molecule has 6 heteroatoms. The van der Waals surface area contributed by atoms with Crippen LogP contribution in [0.5, 0.6) is 5.75 Å². The Balaban J connectivity index is 3.30. The number of carbonyl (C=O) groups is 2. The molecule has 0 aromatic heterocycles.